The van der Waals surface area contributed by atoms with Gasteiger partial charge in [-0.1, -0.05) is 0 Å². The van der Waals surface area contributed by atoms with Crippen LogP contribution in [0.15, 0.2) is 42.5 Å². The first-order valence-corrected chi connectivity index (χ1v) is 12.2. The molecule has 0 spiro atoms. The van der Waals surface area contributed by atoms with E-state index in [0.717, 1.165) is 6.26 Å². The molecule has 3 rings (SSSR count). The van der Waals surface area contributed by atoms with Gasteiger partial charge in [-0.05, 0) is 56.6 Å². The topological polar surface area (TPSA) is 155 Å². The van der Waals surface area contributed by atoms with Crippen LogP contribution in [0.5, 0.6) is 5.75 Å². The number of anilines is 1. The minimum Gasteiger partial charge on any atom is -0.486 e. The fourth-order valence-electron chi connectivity index (χ4n) is 3.40. The molecule has 0 saturated heterocycles. The van der Waals surface area contributed by atoms with Crippen LogP contribution in [0, 0.1) is 5.41 Å². The Bertz CT molecular complexity index is 1300. The number of carbonyl (C=O) groups is 1. The molecule has 34 heavy (non-hydrogen) atoms. The first-order chi connectivity index (χ1) is 16.0. The first kappa shape index (κ1) is 25.0. The molecule has 0 bridgehead atoms. The second-order valence-electron chi connectivity index (χ2n) is 8.05. The maximum Gasteiger partial charge on any atom is 0.323 e. The van der Waals surface area contributed by atoms with Crippen molar-refractivity contribution in [3.63, 3.8) is 0 Å². The smallest absolute Gasteiger partial charge is 0.323 e. The summed E-state index contributed by atoms with van der Waals surface area (Å²) < 4.78 is 33.4. The Hall–Kier alpha value is -3.64. The predicted molar refractivity (Wildman–Crippen MR) is 130 cm³/mol. The van der Waals surface area contributed by atoms with Gasteiger partial charge in [0.25, 0.3) is 0 Å². The molecule has 0 unspecified atom stereocenters. The molecule has 12 heteroatoms. The third-order valence-electron chi connectivity index (χ3n) is 5.08. The van der Waals surface area contributed by atoms with Crippen LogP contribution in [-0.4, -0.2) is 73.2 Å². The summed E-state index contributed by atoms with van der Waals surface area (Å²) in [5.41, 5.74) is 7.48. The first-order valence-electron chi connectivity index (χ1n) is 10.4. The van der Waals surface area contributed by atoms with Crippen molar-refractivity contribution in [3.8, 4) is 5.75 Å². The number of likely N-dealkylation sites (N-methyl/N-ethyl adjacent to an activating group) is 1. The average Bonchev–Trinajstić information content (AvgIpc) is 3.07. The van der Waals surface area contributed by atoms with Gasteiger partial charge in [0, 0.05) is 18.7 Å². The Morgan fingerprint density at radius 1 is 1.18 bits per heavy atom. The summed E-state index contributed by atoms with van der Waals surface area (Å²) in [6.07, 6.45) is 1.15. The molecule has 182 valence electrons. The molecule has 0 atom stereocenters. The van der Waals surface area contributed by atoms with E-state index >= 15 is 0 Å². The molecule has 11 nitrogen and oxygen atoms in total. The number of ether oxygens (including phenoxy) is 1. The van der Waals surface area contributed by atoms with Crippen LogP contribution in [0.1, 0.15) is 11.4 Å². The SMILES string of the molecule is CN(C)CCN(c1ccc2c(c1)nc(COc1ccc(C(=N)N)cc1)n2CC(=O)O)S(C)(=O)=O. The number of nitrogens with one attached hydrogen (secondary N) is 1. The van der Waals surface area contributed by atoms with Crippen LogP contribution in [0.4, 0.5) is 5.69 Å². The highest BCUT2D eigenvalue weighted by Gasteiger charge is 2.20. The number of imidazole rings is 1. The summed E-state index contributed by atoms with van der Waals surface area (Å²) in [6, 6.07) is 11.6. The number of rotatable bonds is 11. The van der Waals surface area contributed by atoms with Crippen LogP contribution < -0.4 is 14.8 Å². The molecule has 0 saturated carbocycles. The van der Waals surface area contributed by atoms with E-state index in [1.165, 1.54) is 8.87 Å². The molecule has 1 heterocycles. The van der Waals surface area contributed by atoms with Crippen LogP contribution in [0.2, 0.25) is 0 Å². The Balaban J connectivity index is 1.94. The third kappa shape index (κ3) is 6.02. The lowest BCUT2D eigenvalue weighted by Crippen LogP contribution is -2.36. The lowest BCUT2D eigenvalue weighted by molar-refractivity contribution is -0.137. The minimum atomic E-state index is -3.53. The van der Waals surface area contributed by atoms with Gasteiger partial charge in [0.2, 0.25) is 10.0 Å². The lowest BCUT2D eigenvalue weighted by atomic mass is 10.2. The number of benzene rings is 2. The van der Waals surface area contributed by atoms with Gasteiger partial charge in [-0.25, -0.2) is 13.4 Å². The second kappa shape index (κ2) is 10.1. The molecular formula is C22H28N6O5S. The Morgan fingerprint density at radius 2 is 1.85 bits per heavy atom. The highest BCUT2D eigenvalue weighted by molar-refractivity contribution is 7.92. The van der Waals surface area contributed by atoms with Crippen molar-refractivity contribution >= 4 is 38.5 Å². The molecule has 3 aromatic rings. The maximum absolute atomic E-state index is 12.4. The van der Waals surface area contributed by atoms with Crippen molar-refractivity contribution in [2.75, 3.05) is 37.7 Å². The number of hydrogen-bond donors (Lipinski definition) is 3. The summed E-state index contributed by atoms with van der Waals surface area (Å²) >= 11 is 0. The molecule has 0 aliphatic rings. The molecule has 2 aromatic carbocycles. The highest BCUT2D eigenvalue weighted by Crippen LogP contribution is 2.25. The van der Waals surface area contributed by atoms with Crippen LogP contribution >= 0.6 is 0 Å². The second-order valence-corrected chi connectivity index (χ2v) is 9.95. The van der Waals surface area contributed by atoms with E-state index in [0.29, 0.717) is 40.4 Å². The van der Waals surface area contributed by atoms with Gasteiger partial charge in [-0.2, -0.15) is 0 Å². The molecule has 0 amide bonds. The zero-order valence-electron chi connectivity index (χ0n) is 19.2. The largest absolute Gasteiger partial charge is 0.486 e. The van der Waals surface area contributed by atoms with Crippen molar-refractivity contribution in [1.29, 1.82) is 5.41 Å². The van der Waals surface area contributed by atoms with E-state index in [-0.39, 0.29) is 25.5 Å². The average molecular weight is 489 g/mol. The number of fused-ring (bicyclic) bond motifs is 1. The number of hydrogen-bond acceptors (Lipinski definition) is 7. The molecule has 0 aliphatic heterocycles. The zero-order valence-corrected chi connectivity index (χ0v) is 20.0. The molecule has 0 fully saturated rings. The van der Waals surface area contributed by atoms with Gasteiger partial charge in [-0.15, -0.1) is 0 Å². The van der Waals surface area contributed by atoms with E-state index in [4.69, 9.17) is 15.9 Å². The van der Waals surface area contributed by atoms with E-state index in [1.54, 1.807) is 42.5 Å². The Labute approximate surface area is 197 Å². The van der Waals surface area contributed by atoms with Crippen molar-refractivity contribution < 1.29 is 23.1 Å². The minimum absolute atomic E-state index is 0.00681. The number of nitrogen functional groups attached to an aromatic ring is 1. The van der Waals surface area contributed by atoms with Crippen molar-refractivity contribution in [2.45, 2.75) is 13.2 Å². The fraction of sp³-hybridized carbons (Fsp3) is 0.318. The summed E-state index contributed by atoms with van der Waals surface area (Å²) in [6.45, 7) is 0.459. The fourth-order valence-corrected chi connectivity index (χ4v) is 4.31. The van der Waals surface area contributed by atoms with Gasteiger partial charge >= 0.3 is 5.97 Å². The van der Waals surface area contributed by atoms with E-state index in [1.807, 2.05) is 19.0 Å². The molecule has 0 aliphatic carbocycles. The number of carboxylic acids is 1. The number of carboxylic acid groups (broad SMARTS) is 1. The number of amidine groups is 1. The number of sulfonamides is 1. The van der Waals surface area contributed by atoms with E-state index in [2.05, 4.69) is 4.98 Å². The van der Waals surface area contributed by atoms with Gasteiger partial charge in [-0.3, -0.25) is 14.5 Å². The van der Waals surface area contributed by atoms with Gasteiger partial charge < -0.3 is 25.0 Å². The quantitative estimate of drug-likeness (QED) is 0.270. The van der Waals surface area contributed by atoms with Crippen LogP contribution in [0.25, 0.3) is 11.0 Å². The third-order valence-corrected chi connectivity index (χ3v) is 6.27. The van der Waals surface area contributed by atoms with E-state index in [9.17, 15) is 18.3 Å². The maximum atomic E-state index is 12.4. The summed E-state index contributed by atoms with van der Waals surface area (Å²) in [7, 11) is 0.185. The van der Waals surface area contributed by atoms with E-state index < -0.39 is 16.0 Å². The molecular weight excluding hydrogens is 460 g/mol. The summed E-state index contributed by atoms with van der Waals surface area (Å²) in [5, 5.41) is 16.8. The predicted octanol–water partition coefficient (Wildman–Crippen LogP) is 1.31. The van der Waals surface area contributed by atoms with Crippen molar-refractivity contribution in [3.05, 3.63) is 53.9 Å². The van der Waals surface area contributed by atoms with Crippen LogP contribution in [0.3, 0.4) is 0 Å². The molecule has 1 aromatic heterocycles. The number of aromatic nitrogens is 2. The number of nitrogens with two attached hydrogens (primary N) is 1. The van der Waals surface area contributed by atoms with Gasteiger partial charge in [0.1, 0.15) is 30.6 Å². The summed E-state index contributed by atoms with van der Waals surface area (Å²) in [4.78, 5) is 17.9. The van der Waals surface area contributed by atoms with Crippen LogP contribution in [-0.2, 0) is 28.0 Å². The van der Waals surface area contributed by atoms with Gasteiger partial charge in [0.15, 0.2) is 0 Å². The monoisotopic (exact) mass is 488 g/mol. The molecule has 0 radical (unpaired) electrons. The zero-order chi connectivity index (χ0) is 25.0. The highest BCUT2D eigenvalue weighted by atomic mass is 32.2. The number of aliphatic carboxylic acids is 1. The lowest BCUT2D eigenvalue weighted by Gasteiger charge is -2.24. The Morgan fingerprint density at radius 3 is 2.41 bits per heavy atom. The van der Waals surface area contributed by atoms with Crippen molar-refractivity contribution in [2.24, 2.45) is 5.73 Å². The standard InChI is InChI=1S/C22H28N6O5S/c1-26(2)10-11-28(34(3,31)32)16-6-9-19-18(12-16)25-20(27(19)13-21(29)30)14-33-17-7-4-15(5-8-17)22(23)24/h4-9,12H,10-11,13-14H2,1-3H3,(H3,23,24)(H,29,30). The summed E-state index contributed by atoms with van der Waals surface area (Å²) in [5.74, 6) is -0.213. The normalized spacial score (nSPS) is 11.6. The van der Waals surface area contributed by atoms with Gasteiger partial charge in [0.05, 0.1) is 23.0 Å². The molecule has 4 N–H and O–H groups in total. The Kier molecular flexibility index (Phi) is 7.42. The van der Waals surface area contributed by atoms with Crippen molar-refractivity contribution in [1.82, 2.24) is 14.5 Å². The number of nitrogens with zero attached hydrogens (tertiary/aromatic N) is 4.